The van der Waals surface area contributed by atoms with Gasteiger partial charge < -0.3 is 19.7 Å². The highest BCUT2D eigenvalue weighted by Crippen LogP contribution is 2.34. The number of aliphatic hydroxyl groups excluding tert-OH is 2. The highest BCUT2D eigenvalue weighted by Gasteiger charge is 2.35. The maximum Gasteiger partial charge on any atom is 0.161 e. The van der Waals surface area contributed by atoms with Crippen LogP contribution in [0, 0.1) is 5.92 Å². The Morgan fingerprint density at radius 2 is 1.80 bits per heavy atom. The molecule has 0 aromatic rings. The van der Waals surface area contributed by atoms with E-state index in [1.807, 2.05) is 6.92 Å². The van der Waals surface area contributed by atoms with E-state index in [2.05, 4.69) is 6.92 Å². The molecule has 4 nitrogen and oxygen atoms in total. The third-order valence-corrected chi connectivity index (χ3v) is 4.62. The number of hydrogen-bond acceptors (Lipinski definition) is 4. The molecule has 5 unspecified atom stereocenters. The van der Waals surface area contributed by atoms with Gasteiger partial charge in [0.15, 0.2) is 6.29 Å². The van der Waals surface area contributed by atoms with Gasteiger partial charge in [-0.25, -0.2) is 0 Å². The fraction of sp³-hybridized carbons (Fsp3) is 1.00. The molecule has 0 aromatic heterocycles. The highest BCUT2D eigenvalue weighted by atomic mass is 16.7. The van der Waals surface area contributed by atoms with Crippen molar-refractivity contribution in [3.63, 3.8) is 0 Å². The number of rotatable bonds is 6. The normalized spacial score (nSPS) is 35.1. The molecule has 1 heterocycles. The van der Waals surface area contributed by atoms with Crippen molar-refractivity contribution in [1.29, 1.82) is 0 Å². The molecule has 118 valence electrons. The minimum atomic E-state index is -0.482. The van der Waals surface area contributed by atoms with Crippen LogP contribution in [0.4, 0.5) is 0 Å². The zero-order valence-electron chi connectivity index (χ0n) is 12.8. The molecule has 1 aliphatic heterocycles. The van der Waals surface area contributed by atoms with Gasteiger partial charge in [-0.15, -0.1) is 0 Å². The van der Waals surface area contributed by atoms with E-state index in [1.165, 1.54) is 25.7 Å². The molecule has 0 spiro atoms. The van der Waals surface area contributed by atoms with Crippen molar-refractivity contribution >= 4 is 0 Å². The fourth-order valence-electron chi connectivity index (χ4n) is 3.42. The Bertz CT molecular complexity index is 278. The summed E-state index contributed by atoms with van der Waals surface area (Å²) < 4.78 is 12.0. The van der Waals surface area contributed by atoms with Crippen molar-refractivity contribution in [2.75, 3.05) is 0 Å². The van der Waals surface area contributed by atoms with Crippen LogP contribution in [0.1, 0.15) is 65.2 Å². The van der Waals surface area contributed by atoms with Gasteiger partial charge >= 0.3 is 0 Å². The third-order valence-electron chi connectivity index (χ3n) is 4.62. The van der Waals surface area contributed by atoms with E-state index in [9.17, 15) is 10.2 Å². The molecule has 0 radical (unpaired) electrons. The predicted octanol–water partition coefficient (Wildman–Crippen LogP) is 2.61. The van der Waals surface area contributed by atoms with E-state index in [0.29, 0.717) is 25.2 Å². The second kappa shape index (κ2) is 7.74. The average Bonchev–Trinajstić information content (AvgIpc) is 2.91. The Morgan fingerprint density at radius 3 is 2.45 bits per heavy atom. The molecule has 5 atom stereocenters. The van der Waals surface area contributed by atoms with Gasteiger partial charge in [0.25, 0.3) is 0 Å². The molecule has 4 heteroatoms. The third kappa shape index (κ3) is 4.69. The number of ether oxygens (including phenoxy) is 2. The molecule has 1 saturated heterocycles. The lowest BCUT2D eigenvalue weighted by atomic mass is 9.99. The molecule has 2 fully saturated rings. The van der Waals surface area contributed by atoms with E-state index in [0.717, 1.165) is 6.42 Å². The van der Waals surface area contributed by atoms with E-state index in [1.54, 1.807) is 0 Å². The molecule has 2 aliphatic rings. The van der Waals surface area contributed by atoms with Gasteiger partial charge in [-0.1, -0.05) is 19.8 Å². The largest absolute Gasteiger partial charge is 0.393 e. The SMILES string of the molecule is CCC(O)CC(O)CC1CC(C)OC(C2CCCC2)O1. The summed E-state index contributed by atoms with van der Waals surface area (Å²) in [6, 6.07) is 0. The molecule has 0 amide bonds. The lowest BCUT2D eigenvalue weighted by Crippen LogP contribution is -2.42. The van der Waals surface area contributed by atoms with Crippen LogP contribution in [0.5, 0.6) is 0 Å². The summed E-state index contributed by atoms with van der Waals surface area (Å²) in [7, 11) is 0. The maximum absolute atomic E-state index is 10.1. The van der Waals surface area contributed by atoms with E-state index >= 15 is 0 Å². The minimum Gasteiger partial charge on any atom is -0.393 e. The summed E-state index contributed by atoms with van der Waals surface area (Å²) in [6.07, 6.45) is 6.79. The molecule has 20 heavy (non-hydrogen) atoms. The van der Waals surface area contributed by atoms with Crippen molar-refractivity contribution < 1.29 is 19.7 Å². The number of hydrogen-bond donors (Lipinski definition) is 2. The maximum atomic E-state index is 10.1. The van der Waals surface area contributed by atoms with Crippen LogP contribution in [0.3, 0.4) is 0 Å². The van der Waals surface area contributed by atoms with Crippen LogP contribution in [0.15, 0.2) is 0 Å². The first kappa shape index (κ1) is 16.2. The van der Waals surface area contributed by atoms with Crippen LogP contribution in [-0.2, 0) is 9.47 Å². The first-order valence-electron chi connectivity index (χ1n) is 8.25. The van der Waals surface area contributed by atoms with Gasteiger partial charge in [0, 0.05) is 5.92 Å². The summed E-state index contributed by atoms with van der Waals surface area (Å²) >= 11 is 0. The van der Waals surface area contributed by atoms with Crippen LogP contribution in [0.2, 0.25) is 0 Å². The predicted molar refractivity (Wildman–Crippen MR) is 77.3 cm³/mol. The Morgan fingerprint density at radius 1 is 1.10 bits per heavy atom. The lowest BCUT2D eigenvalue weighted by molar-refractivity contribution is -0.262. The second-order valence-corrected chi connectivity index (χ2v) is 6.54. The Kier molecular flexibility index (Phi) is 6.27. The highest BCUT2D eigenvalue weighted by molar-refractivity contribution is 4.79. The first-order chi connectivity index (χ1) is 9.58. The fourth-order valence-corrected chi connectivity index (χ4v) is 3.42. The minimum absolute atomic E-state index is 0.0587. The van der Waals surface area contributed by atoms with Crippen molar-refractivity contribution in [3.8, 4) is 0 Å². The van der Waals surface area contributed by atoms with E-state index in [-0.39, 0.29) is 18.5 Å². The zero-order chi connectivity index (χ0) is 14.5. The van der Waals surface area contributed by atoms with Gasteiger partial charge in [0.1, 0.15) is 0 Å². The summed E-state index contributed by atoms with van der Waals surface area (Å²) in [6.45, 7) is 4.02. The smallest absolute Gasteiger partial charge is 0.161 e. The summed E-state index contributed by atoms with van der Waals surface area (Å²) in [5.74, 6) is 0.527. The molecule has 1 saturated carbocycles. The molecule has 2 N–H and O–H groups in total. The zero-order valence-corrected chi connectivity index (χ0v) is 12.8. The molecule has 2 rings (SSSR count). The quantitative estimate of drug-likeness (QED) is 0.788. The summed E-state index contributed by atoms with van der Waals surface area (Å²) in [5.41, 5.74) is 0. The summed E-state index contributed by atoms with van der Waals surface area (Å²) in [5, 5.41) is 19.7. The Balaban J connectivity index is 1.81. The van der Waals surface area contributed by atoms with Gasteiger partial charge in [-0.2, -0.15) is 0 Å². The van der Waals surface area contributed by atoms with Crippen molar-refractivity contribution in [2.45, 2.75) is 95.9 Å². The molecule has 0 bridgehead atoms. The van der Waals surface area contributed by atoms with Crippen molar-refractivity contribution in [1.82, 2.24) is 0 Å². The van der Waals surface area contributed by atoms with Crippen LogP contribution < -0.4 is 0 Å². The van der Waals surface area contributed by atoms with Gasteiger partial charge in [0.05, 0.1) is 24.4 Å². The van der Waals surface area contributed by atoms with Crippen LogP contribution in [0.25, 0.3) is 0 Å². The Hall–Kier alpha value is -0.160. The van der Waals surface area contributed by atoms with Gasteiger partial charge in [-0.3, -0.25) is 0 Å². The topological polar surface area (TPSA) is 58.9 Å². The summed E-state index contributed by atoms with van der Waals surface area (Å²) in [4.78, 5) is 0. The second-order valence-electron chi connectivity index (χ2n) is 6.54. The van der Waals surface area contributed by atoms with Crippen molar-refractivity contribution in [3.05, 3.63) is 0 Å². The monoisotopic (exact) mass is 286 g/mol. The first-order valence-corrected chi connectivity index (χ1v) is 8.25. The molecule has 1 aliphatic carbocycles. The Labute approximate surface area is 122 Å². The number of aliphatic hydroxyl groups is 2. The van der Waals surface area contributed by atoms with Crippen molar-refractivity contribution in [2.24, 2.45) is 5.92 Å². The van der Waals surface area contributed by atoms with E-state index in [4.69, 9.17) is 9.47 Å². The van der Waals surface area contributed by atoms with Crippen LogP contribution >= 0.6 is 0 Å². The lowest BCUT2D eigenvalue weighted by Gasteiger charge is -2.38. The standard InChI is InChI=1S/C16H30O4/c1-3-13(17)9-14(18)10-15-8-11(2)19-16(20-15)12-6-4-5-7-12/h11-18H,3-10H2,1-2H3. The molecule has 0 aromatic carbocycles. The van der Waals surface area contributed by atoms with Gasteiger partial charge in [0.2, 0.25) is 0 Å². The molecular formula is C16H30O4. The average molecular weight is 286 g/mol. The van der Waals surface area contributed by atoms with Gasteiger partial charge in [-0.05, 0) is 45.4 Å². The molecular weight excluding hydrogens is 256 g/mol. The van der Waals surface area contributed by atoms with Crippen LogP contribution in [-0.4, -0.2) is 40.9 Å². The van der Waals surface area contributed by atoms with E-state index < -0.39 is 12.2 Å².